The number of nitrogens with zero attached hydrogens (tertiary/aromatic N) is 1. The predicted molar refractivity (Wildman–Crippen MR) is 81.2 cm³/mol. The van der Waals surface area contributed by atoms with Crippen molar-refractivity contribution in [2.75, 3.05) is 11.9 Å². The van der Waals surface area contributed by atoms with Gasteiger partial charge in [0.15, 0.2) is 0 Å². The molecule has 0 saturated carbocycles. The number of nitrogens with one attached hydrogen (secondary N) is 1. The van der Waals surface area contributed by atoms with Crippen molar-refractivity contribution in [1.82, 2.24) is 4.98 Å². The van der Waals surface area contributed by atoms with E-state index in [2.05, 4.69) is 23.3 Å². The Morgan fingerprint density at radius 2 is 2.25 bits per heavy atom. The van der Waals surface area contributed by atoms with Crippen LogP contribution >= 0.6 is 11.3 Å². The second-order valence-corrected chi connectivity index (χ2v) is 5.22. The third-order valence-corrected chi connectivity index (χ3v) is 3.89. The van der Waals surface area contributed by atoms with E-state index in [9.17, 15) is 4.79 Å². The maximum absolute atomic E-state index is 11.9. The minimum Gasteiger partial charge on any atom is -0.462 e. The second kappa shape index (κ2) is 7.05. The van der Waals surface area contributed by atoms with Crippen LogP contribution in [0.4, 0.5) is 5.82 Å². The van der Waals surface area contributed by atoms with Crippen LogP contribution < -0.4 is 5.32 Å². The van der Waals surface area contributed by atoms with Crippen LogP contribution in [-0.2, 0) is 4.74 Å². The van der Waals surface area contributed by atoms with Gasteiger partial charge in [0.1, 0.15) is 11.4 Å². The van der Waals surface area contributed by atoms with E-state index in [-0.39, 0.29) is 12.0 Å². The van der Waals surface area contributed by atoms with Gasteiger partial charge in [-0.1, -0.05) is 13.0 Å². The lowest BCUT2D eigenvalue weighted by Gasteiger charge is -2.17. The highest BCUT2D eigenvalue weighted by atomic mass is 32.1. The highest BCUT2D eigenvalue weighted by Gasteiger charge is 2.17. The monoisotopic (exact) mass is 290 g/mol. The molecule has 1 atom stereocenters. The molecule has 20 heavy (non-hydrogen) atoms. The van der Waals surface area contributed by atoms with Gasteiger partial charge in [-0.05, 0) is 36.9 Å². The molecule has 0 bridgehead atoms. The van der Waals surface area contributed by atoms with Gasteiger partial charge in [0.25, 0.3) is 0 Å². The predicted octanol–water partition coefficient (Wildman–Crippen LogP) is 3.88. The van der Waals surface area contributed by atoms with Gasteiger partial charge in [-0.25, -0.2) is 9.78 Å². The van der Waals surface area contributed by atoms with Crippen molar-refractivity contribution in [2.45, 2.75) is 26.3 Å². The van der Waals surface area contributed by atoms with Gasteiger partial charge in [0.2, 0.25) is 0 Å². The third-order valence-electron chi connectivity index (χ3n) is 2.91. The average Bonchev–Trinajstić information content (AvgIpc) is 2.99. The molecule has 5 heteroatoms. The Morgan fingerprint density at radius 3 is 2.90 bits per heavy atom. The van der Waals surface area contributed by atoms with E-state index in [4.69, 9.17) is 4.74 Å². The number of hydrogen-bond acceptors (Lipinski definition) is 5. The first-order valence-electron chi connectivity index (χ1n) is 6.68. The Kier molecular flexibility index (Phi) is 5.12. The number of pyridine rings is 1. The normalized spacial score (nSPS) is 11.9. The fourth-order valence-corrected chi connectivity index (χ4v) is 2.78. The van der Waals surface area contributed by atoms with Crippen LogP contribution in [0.5, 0.6) is 0 Å². The van der Waals surface area contributed by atoms with Crippen molar-refractivity contribution >= 4 is 23.1 Å². The highest BCUT2D eigenvalue weighted by molar-refractivity contribution is 7.10. The average molecular weight is 290 g/mol. The first kappa shape index (κ1) is 14.5. The summed E-state index contributed by atoms with van der Waals surface area (Å²) in [6.45, 7) is 4.25. The van der Waals surface area contributed by atoms with Crippen LogP contribution in [0.1, 0.15) is 41.5 Å². The van der Waals surface area contributed by atoms with Crippen LogP contribution in [0.2, 0.25) is 0 Å². The zero-order valence-electron chi connectivity index (χ0n) is 11.6. The number of thiophene rings is 1. The number of aromatic nitrogens is 1. The largest absolute Gasteiger partial charge is 0.462 e. The molecule has 106 valence electrons. The van der Waals surface area contributed by atoms with Gasteiger partial charge in [-0.3, -0.25) is 0 Å². The Morgan fingerprint density at radius 1 is 1.40 bits per heavy atom. The fraction of sp³-hybridized carbons (Fsp3) is 0.333. The topological polar surface area (TPSA) is 51.2 Å². The maximum atomic E-state index is 11.9. The van der Waals surface area contributed by atoms with Crippen LogP contribution in [-0.4, -0.2) is 17.6 Å². The Labute approximate surface area is 122 Å². The van der Waals surface area contributed by atoms with Crippen molar-refractivity contribution in [3.8, 4) is 0 Å². The van der Waals surface area contributed by atoms with Crippen molar-refractivity contribution in [3.05, 3.63) is 46.3 Å². The fourth-order valence-electron chi connectivity index (χ4n) is 1.92. The molecule has 0 aliphatic rings. The van der Waals surface area contributed by atoms with E-state index in [1.54, 1.807) is 36.6 Å². The van der Waals surface area contributed by atoms with E-state index in [0.29, 0.717) is 18.0 Å². The molecule has 4 nitrogen and oxygen atoms in total. The van der Waals surface area contributed by atoms with Crippen LogP contribution in [0, 0.1) is 0 Å². The molecule has 0 aromatic carbocycles. The SMILES string of the molecule is CCOC(=O)c1cccnc1NC(CC)c1cccs1. The van der Waals surface area contributed by atoms with E-state index in [1.807, 2.05) is 11.4 Å². The number of hydrogen-bond donors (Lipinski definition) is 1. The Bertz CT molecular complexity index is 555. The number of rotatable bonds is 6. The minimum atomic E-state index is -0.343. The lowest BCUT2D eigenvalue weighted by molar-refractivity contribution is 0.0527. The van der Waals surface area contributed by atoms with E-state index >= 15 is 0 Å². The van der Waals surface area contributed by atoms with Gasteiger partial charge in [0.05, 0.1) is 12.6 Å². The van der Waals surface area contributed by atoms with Crippen molar-refractivity contribution < 1.29 is 9.53 Å². The van der Waals surface area contributed by atoms with Crippen LogP contribution in [0.15, 0.2) is 35.8 Å². The van der Waals surface area contributed by atoms with Crippen molar-refractivity contribution in [1.29, 1.82) is 0 Å². The van der Waals surface area contributed by atoms with E-state index in [0.717, 1.165) is 6.42 Å². The molecule has 0 aliphatic heterocycles. The molecule has 0 aliphatic carbocycles. The number of anilines is 1. The molecule has 2 heterocycles. The Hall–Kier alpha value is -1.88. The molecule has 0 radical (unpaired) electrons. The molecule has 1 N–H and O–H groups in total. The molecule has 2 aromatic heterocycles. The van der Waals surface area contributed by atoms with Crippen molar-refractivity contribution in [3.63, 3.8) is 0 Å². The quantitative estimate of drug-likeness (QED) is 0.820. The van der Waals surface area contributed by atoms with E-state index < -0.39 is 0 Å². The number of carbonyl (C=O) groups excluding carboxylic acids is 1. The summed E-state index contributed by atoms with van der Waals surface area (Å²) >= 11 is 1.69. The smallest absolute Gasteiger partial charge is 0.341 e. The van der Waals surface area contributed by atoms with Gasteiger partial charge in [-0.15, -0.1) is 11.3 Å². The molecule has 0 saturated heterocycles. The minimum absolute atomic E-state index is 0.151. The molecule has 1 unspecified atom stereocenters. The molecular formula is C15H18N2O2S. The lowest BCUT2D eigenvalue weighted by atomic mass is 10.1. The van der Waals surface area contributed by atoms with Crippen molar-refractivity contribution in [2.24, 2.45) is 0 Å². The third kappa shape index (κ3) is 3.36. The van der Waals surface area contributed by atoms with Crippen LogP contribution in [0.3, 0.4) is 0 Å². The summed E-state index contributed by atoms with van der Waals surface area (Å²) in [4.78, 5) is 17.4. The van der Waals surface area contributed by atoms with Gasteiger partial charge in [0, 0.05) is 11.1 Å². The maximum Gasteiger partial charge on any atom is 0.341 e. The summed E-state index contributed by atoms with van der Waals surface area (Å²) in [5.41, 5.74) is 0.476. The number of esters is 1. The molecule has 2 rings (SSSR count). The summed E-state index contributed by atoms with van der Waals surface area (Å²) < 4.78 is 5.06. The van der Waals surface area contributed by atoms with E-state index in [1.165, 1.54) is 4.88 Å². The van der Waals surface area contributed by atoms with Gasteiger partial charge >= 0.3 is 5.97 Å². The lowest BCUT2D eigenvalue weighted by Crippen LogP contribution is -2.14. The summed E-state index contributed by atoms with van der Waals surface area (Å²) in [5, 5.41) is 5.38. The molecule has 0 spiro atoms. The number of carbonyl (C=O) groups is 1. The summed E-state index contributed by atoms with van der Waals surface area (Å²) in [6.07, 6.45) is 2.59. The first-order valence-corrected chi connectivity index (χ1v) is 7.56. The molecule has 2 aromatic rings. The zero-order valence-corrected chi connectivity index (χ0v) is 12.4. The van der Waals surface area contributed by atoms with Gasteiger partial charge in [-0.2, -0.15) is 0 Å². The second-order valence-electron chi connectivity index (χ2n) is 4.24. The zero-order chi connectivity index (χ0) is 14.4. The highest BCUT2D eigenvalue weighted by Crippen LogP contribution is 2.26. The molecule has 0 fully saturated rings. The standard InChI is InChI=1S/C15H18N2O2S/c1-3-12(13-8-6-10-20-13)17-14-11(7-5-9-16-14)15(18)19-4-2/h5-10,12H,3-4H2,1-2H3,(H,16,17). The summed E-state index contributed by atoms with van der Waals surface area (Å²) in [6, 6.07) is 7.73. The first-order chi connectivity index (χ1) is 9.76. The number of ether oxygens (including phenoxy) is 1. The van der Waals surface area contributed by atoms with Gasteiger partial charge < -0.3 is 10.1 Å². The summed E-state index contributed by atoms with van der Waals surface area (Å²) in [7, 11) is 0. The molecular weight excluding hydrogens is 272 g/mol. The Balaban J connectivity index is 2.22. The van der Waals surface area contributed by atoms with Crippen LogP contribution in [0.25, 0.3) is 0 Å². The molecule has 0 amide bonds. The summed E-state index contributed by atoms with van der Waals surface area (Å²) in [5.74, 6) is 0.232.